The lowest BCUT2D eigenvalue weighted by molar-refractivity contribution is -0.123. The largest absolute Gasteiger partial charge is 0.289 e. The zero-order chi connectivity index (χ0) is 16.3. The average molecular weight is 300 g/mol. The van der Waals surface area contributed by atoms with Gasteiger partial charge in [0.25, 0.3) is 5.91 Å². The van der Waals surface area contributed by atoms with Crippen molar-refractivity contribution in [1.29, 1.82) is 0 Å². The van der Waals surface area contributed by atoms with Gasteiger partial charge in [-0.15, -0.1) is 0 Å². The van der Waals surface area contributed by atoms with Crippen molar-refractivity contribution in [3.8, 4) is 0 Å². The molecule has 0 radical (unpaired) electrons. The first-order valence-electron chi connectivity index (χ1n) is 7.12. The number of rotatable bonds is 4. The zero-order valence-electron chi connectivity index (χ0n) is 13.2. The minimum atomic E-state index is -0.209. The van der Waals surface area contributed by atoms with Gasteiger partial charge in [0.1, 0.15) is 0 Å². The third-order valence-corrected chi connectivity index (χ3v) is 3.17. The fourth-order valence-electron chi connectivity index (χ4n) is 2.04. The summed E-state index contributed by atoms with van der Waals surface area (Å²) in [6.45, 7) is 7.06. The monoisotopic (exact) mass is 300 g/mol. The molecule has 22 heavy (non-hydrogen) atoms. The number of hydrogen-bond acceptors (Lipinski definition) is 4. The molecule has 0 saturated heterocycles. The van der Waals surface area contributed by atoms with E-state index >= 15 is 0 Å². The van der Waals surface area contributed by atoms with Gasteiger partial charge in [0.05, 0.1) is 17.0 Å². The molecule has 0 saturated carbocycles. The Kier molecular flexibility index (Phi) is 4.60. The van der Waals surface area contributed by atoms with Crippen LogP contribution in [0.3, 0.4) is 0 Å². The topological polar surface area (TPSA) is 65.0 Å². The van der Waals surface area contributed by atoms with E-state index < -0.39 is 0 Å². The highest BCUT2D eigenvalue weighted by Gasteiger charge is 2.29. The molecule has 0 aliphatic carbocycles. The number of nitrogens with one attached hydrogen (secondary N) is 1. The molecular formula is C16H20N4O2. The molecule has 1 aromatic carbocycles. The molecule has 2 amide bonds. The van der Waals surface area contributed by atoms with Crippen LogP contribution in [0.2, 0.25) is 0 Å². The molecule has 116 valence electrons. The first-order chi connectivity index (χ1) is 10.4. The fourth-order valence-corrected chi connectivity index (χ4v) is 2.04. The van der Waals surface area contributed by atoms with Crippen molar-refractivity contribution in [3.05, 3.63) is 42.1 Å². The summed E-state index contributed by atoms with van der Waals surface area (Å²) in [5.74, 6) is -0.398. The number of benzene rings is 1. The number of amides is 2. The molecule has 0 aromatic heterocycles. The van der Waals surface area contributed by atoms with Gasteiger partial charge in [0.2, 0.25) is 5.91 Å². The molecule has 6 heteroatoms. The Labute approximate surface area is 130 Å². The summed E-state index contributed by atoms with van der Waals surface area (Å²) < 4.78 is 0. The molecule has 6 nitrogen and oxygen atoms in total. The molecule has 1 aromatic rings. The Morgan fingerprint density at radius 2 is 1.95 bits per heavy atom. The van der Waals surface area contributed by atoms with E-state index in [-0.39, 0.29) is 17.9 Å². The van der Waals surface area contributed by atoms with Crippen molar-refractivity contribution in [3.63, 3.8) is 0 Å². The maximum Gasteiger partial charge on any atom is 0.282 e. The normalized spacial score (nSPS) is 16.2. The minimum Gasteiger partial charge on any atom is -0.289 e. The third-order valence-electron chi connectivity index (χ3n) is 3.17. The lowest BCUT2D eigenvalue weighted by Gasteiger charge is -2.25. The molecule has 1 N–H and O–H groups in total. The zero-order valence-corrected chi connectivity index (χ0v) is 13.2. The summed E-state index contributed by atoms with van der Waals surface area (Å²) in [4.78, 5) is 23.8. The molecule has 0 unspecified atom stereocenters. The summed E-state index contributed by atoms with van der Waals surface area (Å²) >= 11 is 0. The highest BCUT2D eigenvalue weighted by atomic mass is 16.2. The number of nitrogens with zero attached hydrogens (tertiary/aromatic N) is 3. The second-order valence-corrected chi connectivity index (χ2v) is 5.35. The van der Waals surface area contributed by atoms with Gasteiger partial charge in [0.15, 0.2) is 0 Å². The number of anilines is 1. The number of hydrazone groups is 1. The van der Waals surface area contributed by atoms with Gasteiger partial charge in [-0.1, -0.05) is 18.2 Å². The number of hydrogen-bond donors (Lipinski definition) is 1. The Morgan fingerprint density at radius 3 is 2.50 bits per heavy atom. The Bertz CT molecular complexity index is 635. The smallest absolute Gasteiger partial charge is 0.282 e. The van der Waals surface area contributed by atoms with E-state index in [1.54, 1.807) is 18.1 Å². The van der Waals surface area contributed by atoms with Crippen molar-refractivity contribution in [2.75, 3.05) is 5.01 Å². The number of carbonyl (C=O) groups is 2. The van der Waals surface area contributed by atoms with Crippen LogP contribution < -0.4 is 10.4 Å². The summed E-state index contributed by atoms with van der Waals surface area (Å²) in [6, 6.07) is 9.26. The van der Waals surface area contributed by atoms with Gasteiger partial charge in [-0.25, -0.2) is 0 Å². The van der Waals surface area contributed by atoms with Crippen molar-refractivity contribution < 1.29 is 9.59 Å². The van der Waals surface area contributed by atoms with Crippen LogP contribution >= 0.6 is 0 Å². The number of para-hydroxylation sites is 1. The molecule has 1 heterocycles. The number of hydrazine groups is 1. The third kappa shape index (κ3) is 3.33. The average Bonchev–Trinajstić information content (AvgIpc) is 2.75. The SMILES string of the molecule is CC(=O)NN(C=C1C(=O)N(c2ccccc2)N=C1C)C(C)C. The molecule has 1 aliphatic rings. The Balaban J connectivity index is 2.29. The van der Waals surface area contributed by atoms with Gasteiger partial charge in [0, 0.05) is 19.2 Å². The predicted molar refractivity (Wildman–Crippen MR) is 85.9 cm³/mol. The number of carbonyl (C=O) groups excluding carboxylic acids is 2. The van der Waals surface area contributed by atoms with Crippen molar-refractivity contribution >= 4 is 23.2 Å². The van der Waals surface area contributed by atoms with E-state index in [1.165, 1.54) is 11.9 Å². The Morgan fingerprint density at radius 1 is 1.32 bits per heavy atom. The van der Waals surface area contributed by atoms with E-state index in [0.717, 1.165) is 0 Å². The van der Waals surface area contributed by atoms with Gasteiger partial charge >= 0.3 is 0 Å². The maximum atomic E-state index is 12.6. The van der Waals surface area contributed by atoms with Crippen LogP contribution in [0.15, 0.2) is 47.2 Å². The summed E-state index contributed by atoms with van der Waals surface area (Å²) in [5, 5.41) is 7.29. The first-order valence-corrected chi connectivity index (χ1v) is 7.12. The first kappa shape index (κ1) is 15.8. The van der Waals surface area contributed by atoms with Crippen molar-refractivity contribution in [2.24, 2.45) is 5.10 Å². The minimum absolute atomic E-state index is 0.0165. The fraction of sp³-hybridized carbons (Fsp3) is 0.312. The Hall–Kier alpha value is -2.63. The highest BCUT2D eigenvalue weighted by molar-refractivity contribution is 6.29. The van der Waals surface area contributed by atoms with Crippen molar-refractivity contribution in [1.82, 2.24) is 10.4 Å². The standard InChI is InChI=1S/C16H20N4O2/c1-11(2)19(18-13(4)21)10-15-12(3)17-20(16(15)22)14-8-6-5-7-9-14/h5-11H,1-4H3,(H,18,21). The van der Waals surface area contributed by atoms with Crippen LogP contribution in [-0.2, 0) is 9.59 Å². The lowest BCUT2D eigenvalue weighted by atomic mass is 10.2. The highest BCUT2D eigenvalue weighted by Crippen LogP contribution is 2.23. The van der Waals surface area contributed by atoms with Crippen LogP contribution in [0, 0.1) is 0 Å². The van der Waals surface area contributed by atoms with E-state index in [1.807, 2.05) is 44.2 Å². The molecule has 0 atom stereocenters. The van der Waals surface area contributed by atoms with Gasteiger partial charge < -0.3 is 0 Å². The second kappa shape index (κ2) is 6.43. The van der Waals surface area contributed by atoms with Crippen LogP contribution in [0.5, 0.6) is 0 Å². The van der Waals surface area contributed by atoms with E-state index in [0.29, 0.717) is 17.0 Å². The van der Waals surface area contributed by atoms with Crippen LogP contribution in [-0.4, -0.2) is 28.6 Å². The summed E-state index contributed by atoms with van der Waals surface area (Å²) in [6.07, 6.45) is 1.64. The van der Waals surface area contributed by atoms with E-state index in [4.69, 9.17) is 0 Å². The quantitative estimate of drug-likeness (QED) is 0.683. The molecule has 0 fully saturated rings. The lowest BCUT2D eigenvalue weighted by Crippen LogP contribution is -2.42. The maximum absolute atomic E-state index is 12.6. The van der Waals surface area contributed by atoms with Crippen LogP contribution in [0.25, 0.3) is 0 Å². The molecule has 1 aliphatic heterocycles. The van der Waals surface area contributed by atoms with Gasteiger partial charge in [-0.3, -0.25) is 20.0 Å². The summed E-state index contributed by atoms with van der Waals surface area (Å²) in [5.41, 5.74) is 4.49. The van der Waals surface area contributed by atoms with Gasteiger partial charge in [-0.05, 0) is 32.9 Å². The molecule has 2 rings (SSSR count). The molecule has 0 bridgehead atoms. The summed E-state index contributed by atoms with van der Waals surface area (Å²) in [7, 11) is 0. The second-order valence-electron chi connectivity index (χ2n) is 5.35. The van der Waals surface area contributed by atoms with Crippen molar-refractivity contribution in [2.45, 2.75) is 33.7 Å². The molecule has 0 spiro atoms. The van der Waals surface area contributed by atoms with Crippen LogP contribution in [0.1, 0.15) is 27.7 Å². The van der Waals surface area contributed by atoms with E-state index in [2.05, 4.69) is 10.5 Å². The predicted octanol–water partition coefficient (Wildman–Crippen LogP) is 2.05. The van der Waals surface area contributed by atoms with Gasteiger partial charge in [-0.2, -0.15) is 10.1 Å². The van der Waals surface area contributed by atoms with Crippen LogP contribution in [0.4, 0.5) is 5.69 Å². The molecular weight excluding hydrogens is 280 g/mol. The van der Waals surface area contributed by atoms with E-state index in [9.17, 15) is 9.59 Å².